The second-order valence-corrected chi connectivity index (χ2v) is 9.75. The highest BCUT2D eigenvalue weighted by Gasteiger charge is 2.44. The van der Waals surface area contributed by atoms with E-state index in [0.717, 1.165) is 17.9 Å². The molecular formula is C21H41N3. The van der Waals surface area contributed by atoms with Crippen LogP contribution in [0, 0.1) is 17.3 Å². The molecule has 3 fully saturated rings. The molecule has 0 bridgehead atoms. The van der Waals surface area contributed by atoms with Gasteiger partial charge in [-0.3, -0.25) is 0 Å². The van der Waals surface area contributed by atoms with Gasteiger partial charge < -0.3 is 14.7 Å². The Bertz CT molecular complexity index is 373. The number of nitrogens with zero attached hydrogens (tertiary/aromatic N) is 3. The van der Waals surface area contributed by atoms with Crippen molar-refractivity contribution in [3.8, 4) is 0 Å². The summed E-state index contributed by atoms with van der Waals surface area (Å²) in [5.74, 6) is 1.81. The van der Waals surface area contributed by atoms with Crippen LogP contribution in [-0.2, 0) is 0 Å². The van der Waals surface area contributed by atoms with Crippen molar-refractivity contribution >= 4 is 0 Å². The minimum Gasteiger partial charge on any atom is -0.301 e. The van der Waals surface area contributed by atoms with E-state index in [1.807, 2.05) is 0 Å². The van der Waals surface area contributed by atoms with Crippen LogP contribution in [0.15, 0.2) is 0 Å². The minimum atomic E-state index is 0.708. The van der Waals surface area contributed by atoms with Gasteiger partial charge in [0, 0.05) is 45.3 Å². The standard InChI is InChI=1S/C21H41N3/c1-18(2)15-21(7-8-21)17-23-13-11-22(12-14-23)16-20-5-9-24(10-6-20)19(3)4/h18-20H,5-17H2,1-4H3. The van der Waals surface area contributed by atoms with Crippen LogP contribution in [0.1, 0.15) is 59.8 Å². The summed E-state index contributed by atoms with van der Waals surface area (Å²) in [7, 11) is 0. The van der Waals surface area contributed by atoms with Gasteiger partial charge in [0.2, 0.25) is 0 Å². The molecule has 0 unspecified atom stereocenters. The third-order valence-corrected chi connectivity index (χ3v) is 6.72. The van der Waals surface area contributed by atoms with Crippen LogP contribution < -0.4 is 0 Å². The van der Waals surface area contributed by atoms with Crippen molar-refractivity contribution < 1.29 is 0 Å². The maximum absolute atomic E-state index is 2.77. The Morgan fingerprint density at radius 3 is 1.92 bits per heavy atom. The Hall–Kier alpha value is -0.120. The van der Waals surface area contributed by atoms with Gasteiger partial charge in [0.25, 0.3) is 0 Å². The fourth-order valence-electron chi connectivity index (χ4n) is 5.09. The largest absolute Gasteiger partial charge is 0.301 e. The number of piperidine rings is 1. The van der Waals surface area contributed by atoms with Gasteiger partial charge in [0.15, 0.2) is 0 Å². The minimum absolute atomic E-state index is 0.708. The lowest BCUT2D eigenvalue weighted by atomic mass is 9.93. The highest BCUT2D eigenvalue weighted by Crippen LogP contribution is 2.51. The molecular weight excluding hydrogens is 294 g/mol. The first-order valence-electron chi connectivity index (χ1n) is 10.6. The summed E-state index contributed by atoms with van der Waals surface area (Å²) >= 11 is 0. The van der Waals surface area contributed by atoms with E-state index in [-0.39, 0.29) is 0 Å². The Balaban J connectivity index is 1.34. The summed E-state index contributed by atoms with van der Waals surface area (Å²) in [5.41, 5.74) is 0.708. The van der Waals surface area contributed by atoms with Gasteiger partial charge in [0.05, 0.1) is 0 Å². The Morgan fingerprint density at radius 1 is 0.833 bits per heavy atom. The highest BCUT2D eigenvalue weighted by atomic mass is 15.3. The smallest absolute Gasteiger partial charge is 0.0110 e. The molecule has 0 atom stereocenters. The molecule has 0 radical (unpaired) electrons. The van der Waals surface area contributed by atoms with E-state index in [4.69, 9.17) is 0 Å². The van der Waals surface area contributed by atoms with Gasteiger partial charge in [-0.25, -0.2) is 0 Å². The monoisotopic (exact) mass is 335 g/mol. The molecule has 3 heteroatoms. The summed E-state index contributed by atoms with van der Waals surface area (Å²) in [6, 6.07) is 0.732. The van der Waals surface area contributed by atoms with Crippen LogP contribution in [0.25, 0.3) is 0 Å². The Labute approximate surface area is 150 Å². The van der Waals surface area contributed by atoms with Crippen molar-refractivity contribution in [2.45, 2.75) is 65.8 Å². The van der Waals surface area contributed by atoms with Crippen LogP contribution in [0.3, 0.4) is 0 Å². The molecule has 0 aromatic carbocycles. The van der Waals surface area contributed by atoms with Crippen molar-refractivity contribution in [3.63, 3.8) is 0 Å². The van der Waals surface area contributed by atoms with E-state index in [0.29, 0.717) is 5.41 Å². The van der Waals surface area contributed by atoms with Gasteiger partial charge in [0.1, 0.15) is 0 Å². The molecule has 1 saturated carbocycles. The molecule has 0 aromatic rings. The molecule has 3 nitrogen and oxygen atoms in total. The molecule has 24 heavy (non-hydrogen) atoms. The van der Waals surface area contributed by atoms with Gasteiger partial charge in [-0.15, -0.1) is 0 Å². The fraction of sp³-hybridized carbons (Fsp3) is 1.00. The van der Waals surface area contributed by atoms with Crippen LogP contribution in [0.5, 0.6) is 0 Å². The zero-order valence-electron chi connectivity index (χ0n) is 16.8. The summed E-state index contributed by atoms with van der Waals surface area (Å²) in [4.78, 5) is 8.18. The normalized spacial score (nSPS) is 27.2. The van der Waals surface area contributed by atoms with Gasteiger partial charge in [-0.05, 0) is 76.3 Å². The Kier molecular flexibility index (Phi) is 6.26. The zero-order chi connectivity index (χ0) is 17.2. The molecule has 0 spiro atoms. The van der Waals surface area contributed by atoms with E-state index >= 15 is 0 Å². The molecule has 2 heterocycles. The highest BCUT2D eigenvalue weighted by molar-refractivity contribution is 4.96. The number of piperazine rings is 1. The van der Waals surface area contributed by atoms with Gasteiger partial charge >= 0.3 is 0 Å². The van der Waals surface area contributed by atoms with E-state index in [2.05, 4.69) is 42.4 Å². The van der Waals surface area contributed by atoms with Crippen molar-refractivity contribution in [1.29, 1.82) is 0 Å². The molecule has 3 aliphatic rings. The van der Waals surface area contributed by atoms with E-state index < -0.39 is 0 Å². The third-order valence-electron chi connectivity index (χ3n) is 6.72. The maximum atomic E-state index is 2.77. The third kappa shape index (κ3) is 5.19. The first-order valence-corrected chi connectivity index (χ1v) is 10.6. The summed E-state index contributed by atoms with van der Waals surface area (Å²) < 4.78 is 0. The lowest BCUT2D eigenvalue weighted by Crippen LogP contribution is -2.50. The predicted molar refractivity (Wildman–Crippen MR) is 103 cm³/mol. The van der Waals surface area contributed by atoms with Crippen LogP contribution in [-0.4, -0.2) is 73.1 Å². The lowest BCUT2D eigenvalue weighted by molar-refractivity contribution is 0.0767. The quantitative estimate of drug-likeness (QED) is 0.704. The summed E-state index contributed by atoms with van der Waals surface area (Å²) in [6.07, 6.45) is 7.24. The SMILES string of the molecule is CC(C)CC1(CN2CCN(CC3CCN(C(C)C)CC3)CC2)CC1. The van der Waals surface area contributed by atoms with Crippen LogP contribution >= 0.6 is 0 Å². The fourth-order valence-corrected chi connectivity index (χ4v) is 5.09. The maximum Gasteiger partial charge on any atom is 0.0110 e. The number of hydrogen-bond donors (Lipinski definition) is 0. The first kappa shape index (κ1) is 18.7. The molecule has 3 rings (SSSR count). The van der Waals surface area contributed by atoms with Crippen molar-refractivity contribution in [3.05, 3.63) is 0 Å². The number of likely N-dealkylation sites (tertiary alicyclic amines) is 1. The molecule has 0 amide bonds. The van der Waals surface area contributed by atoms with Gasteiger partial charge in [-0.2, -0.15) is 0 Å². The molecule has 140 valence electrons. The van der Waals surface area contributed by atoms with Crippen LogP contribution in [0.4, 0.5) is 0 Å². The van der Waals surface area contributed by atoms with E-state index in [1.54, 1.807) is 0 Å². The average molecular weight is 336 g/mol. The van der Waals surface area contributed by atoms with Crippen molar-refractivity contribution in [2.75, 3.05) is 52.4 Å². The predicted octanol–water partition coefficient (Wildman–Crippen LogP) is 3.55. The number of rotatable bonds is 7. The second-order valence-electron chi connectivity index (χ2n) is 9.75. The topological polar surface area (TPSA) is 9.72 Å². The Morgan fingerprint density at radius 2 is 1.42 bits per heavy atom. The summed E-state index contributed by atoms with van der Waals surface area (Å²) in [5, 5.41) is 0. The molecule has 0 aromatic heterocycles. The average Bonchev–Trinajstić information content (AvgIpc) is 3.28. The van der Waals surface area contributed by atoms with Crippen molar-refractivity contribution in [1.82, 2.24) is 14.7 Å². The first-order chi connectivity index (χ1) is 11.5. The van der Waals surface area contributed by atoms with E-state index in [1.165, 1.54) is 84.5 Å². The number of hydrogen-bond acceptors (Lipinski definition) is 3. The molecule has 2 aliphatic heterocycles. The van der Waals surface area contributed by atoms with E-state index in [9.17, 15) is 0 Å². The molecule has 2 saturated heterocycles. The second kappa shape index (κ2) is 8.05. The van der Waals surface area contributed by atoms with Crippen molar-refractivity contribution in [2.24, 2.45) is 17.3 Å². The molecule has 0 N–H and O–H groups in total. The lowest BCUT2D eigenvalue weighted by Gasteiger charge is -2.40. The summed E-state index contributed by atoms with van der Waals surface area (Å²) in [6.45, 7) is 20.1. The zero-order valence-corrected chi connectivity index (χ0v) is 16.8. The molecule has 1 aliphatic carbocycles. The van der Waals surface area contributed by atoms with Crippen LogP contribution in [0.2, 0.25) is 0 Å². The van der Waals surface area contributed by atoms with Gasteiger partial charge in [-0.1, -0.05) is 13.8 Å².